The van der Waals surface area contributed by atoms with Gasteiger partial charge in [-0.25, -0.2) is 4.39 Å². The number of para-hydroxylation sites is 1. The van der Waals surface area contributed by atoms with Gasteiger partial charge in [0.05, 0.1) is 6.04 Å². The van der Waals surface area contributed by atoms with Gasteiger partial charge >= 0.3 is 0 Å². The second-order valence-corrected chi connectivity index (χ2v) is 3.63. The maximum absolute atomic E-state index is 13.5. The van der Waals surface area contributed by atoms with Crippen LogP contribution in [0.5, 0.6) is 0 Å². The molecule has 2 rings (SSSR count). The summed E-state index contributed by atoms with van der Waals surface area (Å²) in [5, 5.41) is 0. The van der Waals surface area contributed by atoms with Crippen molar-refractivity contribution in [3.05, 3.63) is 65.5 Å². The molecule has 1 atom stereocenters. The first-order valence-electron chi connectivity index (χ1n) is 5.04. The zero-order valence-corrected chi connectivity index (χ0v) is 8.73. The molecule has 1 unspecified atom stereocenters. The van der Waals surface area contributed by atoms with E-state index in [0.717, 1.165) is 5.56 Å². The van der Waals surface area contributed by atoms with Crippen LogP contribution in [-0.4, -0.2) is 0 Å². The van der Waals surface area contributed by atoms with Gasteiger partial charge in [0.25, 0.3) is 0 Å². The highest BCUT2D eigenvalue weighted by Crippen LogP contribution is 2.25. The van der Waals surface area contributed by atoms with E-state index in [9.17, 15) is 4.39 Å². The highest BCUT2D eigenvalue weighted by Gasteiger charge is 2.14. The van der Waals surface area contributed by atoms with Crippen molar-refractivity contribution in [2.75, 3.05) is 5.73 Å². The van der Waals surface area contributed by atoms with Crippen LogP contribution < -0.4 is 11.5 Å². The third kappa shape index (κ3) is 1.90. The van der Waals surface area contributed by atoms with E-state index >= 15 is 0 Å². The molecule has 2 aromatic carbocycles. The lowest BCUT2D eigenvalue weighted by Crippen LogP contribution is -2.15. The fraction of sp³-hybridized carbons (Fsp3) is 0.0769. The van der Waals surface area contributed by atoms with Crippen LogP contribution in [0.25, 0.3) is 0 Å². The van der Waals surface area contributed by atoms with E-state index in [1.807, 2.05) is 18.2 Å². The standard InChI is InChI=1S/C13H13FN2/c14-11-7-3-1-5-9(11)13(16)10-6-2-4-8-12(10)15/h1-8,13H,15-16H2. The number of hydrogen-bond acceptors (Lipinski definition) is 2. The van der Waals surface area contributed by atoms with E-state index < -0.39 is 6.04 Å². The molecule has 0 amide bonds. The van der Waals surface area contributed by atoms with Crippen molar-refractivity contribution in [1.82, 2.24) is 0 Å². The van der Waals surface area contributed by atoms with E-state index in [4.69, 9.17) is 11.5 Å². The molecule has 0 saturated carbocycles. The molecule has 0 spiro atoms. The first-order valence-corrected chi connectivity index (χ1v) is 5.04. The van der Waals surface area contributed by atoms with Crippen LogP contribution in [0.4, 0.5) is 10.1 Å². The smallest absolute Gasteiger partial charge is 0.128 e. The Kier molecular flexibility index (Phi) is 2.88. The monoisotopic (exact) mass is 216 g/mol. The second-order valence-electron chi connectivity index (χ2n) is 3.63. The molecule has 0 aliphatic rings. The van der Waals surface area contributed by atoms with Gasteiger partial charge in [-0.3, -0.25) is 0 Å². The third-order valence-electron chi connectivity index (χ3n) is 2.57. The number of nitrogens with two attached hydrogens (primary N) is 2. The van der Waals surface area contributed by atoms with E-state index in [2.05, 4.69) is 0 Å². The van der Waals surface area contributed by atoms with E-state index in [1.165, 1.54) is 6.07 Å². The summed E-state index contributed by atoms with van der Waals surface area (Å²) in [7, 11) is 0. The summed E-state index contributed by atoms with van der Waals surface area (Å²) in [4.78, 5) is 0. The second kappa shape index (κ2) is 4.33. The Morgan fingerprint density at radius 2 is 1.44 bits per heavy atom. The Bertz CT molecular complexity index is 451. The molecule has 2 nitrogen and oxygen atoms in total. The summed E-state index contributed by atoms with van der Waals surface area (Å²) in [6, 6.07) is 13.2. The van der Waals surface area contributed by atoms with Crippen molar-refractivity contribution in [3.63, 3.8) is 0 Å². The number of hydrogen-bond donors (Lipinski definition) is 2. The van der Waals surface area contributed by atoms with Crippen LogP contribution in [0.15, 0.2) is 48.5 Å². The lowest BCUT2D eigenvalue weighted by Gasteiger charge is -2.15. The quantitative estimate of drug-likeness (QED) is 0.757. The van der Waals surface area contributed by atoms with Crippen molar-refractivity contribution in [3.8, 4) is 0 Å². The van der Waals surface area contributed by atoms with Crippen LogP contribution in [-0.2, 0) is 0 Å². The number of anilines is 1. The minimum Gasteiger partial charge on any atom is -0.398 e. The maximum Gasteiger partial charge on any atom is 0.128 e. The van der Waals surface area contributed by atoms with Crippen LogP contribution >= 0.6 is 0 Å². The van der Waals surface area contributed by atoms with Crippen molar-refractivity contribution in [2.24, 2.45) is 5.73 Å². The average molecular weight is 216 g/mol. The van der Waals surface area contributed by atoms with Crippen LogP contribution in [0, 0.1) is 5.82 Å². The zero-order valence-electron chi connectivity index (χ0n) is 8.73. The molecule has 0 bridgehead atoms. The molecular weight excluding hydrogens is 203 g/mol. The third-order valence-corrected chi connectivity index (χ3v) is 2.57. The molecule has 0 aliphatic carbocycles. The molecule has 2 aromatic rings. The minimum atomic E-state index is -0.526. The molecule has 0 saturated heterocycles. The van der Waals surface area contributed by atoms with Crippen LogP contribution in [0.1, 0.15) is 17.2 Å². The number of benzene rings is 2. The molecule has 16 heavy (non-hydrogen) atoms. The van der Waals surface area contributed by atoms with Gasteiger partial charge in [0.15, 0.2) is 0 Å². The zero-order chi connectivity index (χ0) is 11.5. The maximum atomic E-state index is 13.5. The molecule has 0 heterocycles. The fourth-order valence-corrected chi connectivity index (χ4v) is 1.69. The Hall–Kier alpha value is -1.87. The summed E-state index contributed by atoms with van der Waals surface area (Å²) in [5.74, 6) is -0.307. The van der Waals surface area contributed by atoms with E-state index in [1.54, 1.807) is 24.3 Å². The molecular formula is C13H13FN2. The summed E-state index contributed by atoms with van der Waals surface area (Å²) in [6.07, 6.45) is 0. The lowest BCUT2D eigenvalue weighted by molar-refractivity contribution is 0.600. The first-order chi connectivity index (χ1) is 7.70. The van der Waals surface area contributed by atoms with Crippen LogP contribution in [0.2, 0.25) is 0 Å². The van der Waals surface area contributed by atoms with Crippen molar-refractivity contribution in [2.45, 2.75) is 6.04 Å². The van der Waals surface area contributed by atoms with E-state index in [-0.39, 0.29) is 5.82 Å². The molecule has 0 fully saturated rings. The molecule has 82 valence electrons. The molecule has 0 aliphatic heterocycles. The van der Waals surface area contributed by atoms with Gasteiger partial charge < -0.3 is 11.5 Å². The van der Waals surface area contributed by atoms with Crippen LogP contribution in [0.3, 0.4) is 0 Å². The number of rotatable bonds is 2. The number of halogens is 1. The molecule has 0 radical (unpaired) electrons. The Morgan fingerprint density at radius 1 is 0.875 bits per heavy atom. The summed E-state index contributed by atoms with van der Waals surface area (Å²) < 4.78 is 13.5. The normalized spacial score (nSPS) is 12.4. The minimum absolute atomic E-state index is 0.307. The van der Waals surface area contributed by atoms with Gasteiger partial charge in [-0.15, -0.1) is 0 Å². The van der Waals surface area contributed by atoms with Gasteiger partial charge in [-0.2, -0.15) is 0 Å². The SMILES string of the molecule is Nc1ccccc1C(N)c1ccccc1F. The topological polar surface area (TPSA) is 52.0 Å². The van der Waals surface area contributed by atoms with Crippen molar-refractivity contribution < 1.29 is 4.39 Å². The van der Waals surface area contributed by atoms with Gasteiger partial charge in [-0.05, 0) is 17.7 Å². The summed E-state index contributed by atoms with van der Waals surface area (Å²) >= 11 is 0. The predicted molar refractivity (Wildman–Crippen MR) is 63.3 cm³/mol. The number of nitrogen functional groups attached to an aromatic ring is 1. The Labute approximate surface area is 93.7 Å². The molecule has 3 heteroatoms. The average Bonchev–Trinajstić information content (AvgIpc) is 2.29. The molecule has 0 aromatic heterocycles. The summed E-state index contributed by atoms with van der Waals surface area (Å²) in [6.45, 7) is 0. The largest absolute Gasteiger partial charge is 0.398 e. The van der Waals surface area contributed by atoms with Crippen molar-refractivity contribution >= 4 is 5.69 Å². The van der Waals surface area contributed by atoms with Gasteiger partial charge in [-0.1, -0.05) is 36.4 Å². The predicted octanol–water partition coefficient (Wildman–Crippen LogP) is 2.46. The fourth-order valence-electron chi connectivity index (χ4n) is 1.69. The van der Waals surface area contributed by atoms with Crippen molar-refractivity contribution in [1.29, 1.82) is 0 Å². The van der Waals surface area contributed by atoms with E-state index in [0.29, 0.717) is 11.3 Å². The highest BCUT2D eigenvalue weighted by atomic mass is 19.1. The first kappa shape index (κ1) is 10.6. The van der Waals surface area contributed by atoms with Gasteiger partial charge in [0.2, 0.25) is 0 Å². The Morgan fingerprint density at radius 3 is 2.06 bits per heavy atom. The van der Waals surface area contributed by atoms with Gasteiger partial charge in [0.1, 0.15) is 5.82 Å². The highest BCUT2D eigenvalue weighted by molar-refractivity contribution is 5.51. The molecule has 4 N–H and O–H groups in total. The summed E-state index contributed by atoms with van der Waals surface area (Å²) in [5.41, 5.74) is 13.6. The van der Waals surface area contributed by atoms with Gasteiger partial charge in [0, 0.05) is 11.3 Å². The Balaban J connectivity index is 2.44. The lowest BCUT2D eigenvalue weighted by atomic mass is 9.98.